The highest BCUT2D eigenvalue weighted by molar-refractivity contribution is 6.30. The van der Waals surface area contributed by atoms with Crippen LogP contribution in [0, 0.1) is 0 Å². The molecular formula is C24H31ClN2O3. The molecule has 2 rings (SSSR count). The third-order valence-electron chi connectivity index (χ3n) is 4.73. The second kappa shape index (κ2) is 11.0. The molecule has 5 nitrogen and oxygen atoms in total. The molecule has 0 aliphatic heterocycles. The van der Waals surface area contributed by atoms with Crippen molar-refractivity contribution in [3.05, 3.63) is 64.7 Å². The van der Waals surface area contributed by atoms with E-state index in [1.54, 1.807) is 19.1 Å². The van der Waals surface area contributed by atoms with Crippen LogP contribution in [0.4, 0.5) is 0 Å². The van der Waals surface area contributed by atoms with Gasteiger partial charge in [-0.05, 0) is 56.0 Å². The molecular weight excluding hydrogens is 400 g/mol. The number of hydrogen-bond donors (Lipinski definition) is 1. The molecule has 0 radical (unpaired) electrons. The quantitative estimate of drug-likeness (QED) is 0.622. The first-order valence-electron chi connectivity index (χ1n) is 10.2. The zero-order valence-electron chi connectivity index (χ0n) is 18.3. The summed E-state index contributed by atoms with van der Waals surface area (Å²) in [4.78, 5) is 27.2. The van der Waals surface area contributed by atoms with Gasteiger partial charge in [-0.2, -0.15) is 0 Å². The average Bonchev–Trinajstić information content (AvgIpc) is 2.69. The van der Waals surface area contributed by atoms with Gasteiger partial charge in [0.1, 0.15) is 11.8 Å². The molecule has 0 spiro atoms. The monoisotopic (exact) mass is 430 g/mol. The number of hydrogen-bond acceptors (Lipinski definition) is 3. The number of rotatable bonds is 9. The summed E-state index contributed by atoms with van der Waals surface area (Å²) in [5.74, 6) is 0.486. The van der Waals surface area contributed by atoms with E-state index in [1.165, 1.54) is 4.90 Å². The maximum Gasteiger partial charge on any atom is 0.261 e. The van der Waals surface area contributed by atoms with Crippen molar-refractivity contribution < 1.29 is 14.3 Å². The zero-order chi connectivity index (χ0) is 22.3. The Balaban J connectivity index is 2.20. The molecule has 0 heterocycles. The fraction of sp³-hybridized carbons (Fsp3) is 0.417. The van der Waals surface area contributed by atoms with E-state index in [0.717, 1.165) is 11.1 Å². The van der Waals surface area contributed by atoms with Crippen LogP contribution in [-0.2, 0) is 16.1 Å². The van der Waals surface area contributed by atoms with Crippen LogP contribution in [-0.4, -0.2) is 35.4 Å². The van der Waals surface area contributed by atoms with Gasteiger partial charge in [-0.25, -0.2) is 0 Å². The first kappa shape index (κ1) is 23.7. The van der Waals surface area contributed by atoms with Crippen LogP contribution in [0.1, 0.15) is 51.7 Å². The molecule has 0 aliphatic rings. The fourth-order valence-corrected chi connectivity index (χ4v) is 3.34. The Bertz CT molecular complexity index is 867. The molecule has 0 aromatic heterocycles. The van der Waals surface area contributed by atoms with Crippen molar-refractivity contribution in [2.75, 3.05) is 6.61 Å². The van der Waals surface area contributed by atoms with E-state index < -0.39 is 6.04 Å². The van der Waals surface area contributed by atoms with Gasteiger partial charge in [0, 0.05) is 17.6 Å². The largest absolute Gasteiger partial charge is 0.483 e. The van der Waals surface area contributed by atoms with Gasteiger partial charge >= 0.3 is 0 Å². The van der Waals surface area contributed by atoms with Crippen molar-refractivity contribution in [3.8, 4) is 5.75 Å². The fourth-order valence-electron chi connectivity index (χ4n) is 3.13. The third-order valence-corrected chi connectivity index (χ3v) is 4.97. The van der Waals surface area contributed by atoms with Crippen LogP contribution in [0.25, 0.3) is 0 Å². The topological polar surface area (TPSA) is 58.6 Å². The Labute approximate surface area is 184 Å². The molecule has 0 saturated carbocycles. The van der Waals surface area contributed by atoms with E-state index in [4.69, 9.17) is 16.3 Å². The van der Waals surface area contributed by atoms with Crippen LogP contribution in [0.5, 0.6) is 5.75 Å². The average molecular weight is 431 g/mol. The summed E-state index contributed by atoms with van der Waals surface area (Å²) in [5, 5.41) is 3.46. The van der Waals surface area contributed by atoms with Crippen LogP contribution < -0.4 is 10.1 Å². The summed E-state index contributed by atoms with van der Waals surface area (Å²) in [6.07, 6.45) is 0. The molecule has 0 unspecified atom stereocenters. The van der Waals surface area contributed by atoms with Crippen LogP contribution in [0.15, 0.2) is 48.5 Å². The molecule has 2 aromatic rings. The first-order chi connectivity index (χ1) is 14.2. The second-order valence-corrected chi connectivity index (χ2v) is 8.41. The van der Waals surface area contributed by atoms with Crippen LogP contribution >= 0.6 is 11.6 Å². The van der Waals surface area contributed by atoms with Crippen molar-refractivity contribution >= 4 is 23.4 Å². The summed E-state index contributed by atoms with van der Waals surface area (Å²) in [5.41, 5.74) is 1.89. The third kappa shape index (κ3) is 6.77. The van der Waals surface area contributed by atoms with E-state index in [9.17, 15) is 9.59 Å². The summed E-state index contributed by atoms with van der Waals surface area (Å²) in [7, 11) is 0. The molecule has 6 heteroatoms. The molecule has 0 aliphatic carbocycles. The van der Waals surface area contributed by atoms with Gasteiger partial charge in [0.05, 0.1) is 0 Å². The highest BCUT2D eigenvalue weighted by Gasteiger charge is 2.27. The Morgan fingerprint density at radius 3 is 2.37 bits per heavy atom. The predicted molar refractivity (Wildman–Crippen MR) is 121 cm³/mol. The minimum atomic E-state index is -0.650. The molecule has 0 fully saturated rings. The number of halogens is 1. The molecule has 0 saturated heterocycles. The molecule has 1 N–H and O–H groups in total. The lowest BCUT2D eigenvalue weighted by Gasteiger charge is -2.29. The van der Waals surface area contributed by atoms with Crippen molar-refractivity contribution in [1.82, 2.24) is 10.2 Å². The Hall–Kier alpha value is -2.53. The Kier molecular flexibility index (Phi) is 8.72. The number of amides is 2. The standard InChI is InChI=1S/C24H31ClN2O3/c1-16(2)21-11-6-7-12-22(21)30-15-23(28)27(18(5)24(29)26-17(3)4)14-19-9-8-10-20(25)13-19/h6-13,16-18H,14-15H2,1-5H3,(H,26,29)/t18-/m0/s1. The van der Waals surface area contributed by atoms with Gasteiger partial charge in [-0.1, -0.05) is 55.8 Å². The highest BCUT2D eigenvalue weighted by Crippen LogP contribution is 2.26. The second-order valence-electron chi connectivity index (χ2n) is 7.97. The Morgan fingerprint density at radius 1 is 1.03 bits per heavy atom. The molecule has 162 valence electrons. The Morgan fingerprint density at radius 2 is 1.73 bits per heavy atom. The smallest absolute Gasteiger partial charge is 0.261 e. The number of carbonyl (C=O) groups excluding carboxylic acids is 2. The number of benzene rings is 2. The lowest BCUT2D eigenvalue weighted by atomic mass is 10.0. The molecule has 1 atom stereocenters. The first-order valence-corrected chi connectivity index (χ1v) is 10.6. The van der Waals surface area contributed by atoms with Crippen molar-refractivity contribution in [3.63, 3.8) is 0 Å². The highest BCUT2D eigenvalue weighted by atomic mass is 35.5. The molecule has 2 amide bonds. The normalized spacial score (nSPS) is 12.0. The summed E-state index contributed by atoms with van der Waals surface area (Å²) in [6.45, 7) is 9.77. The summed E-state index contributed by atoms with van der Waals surface area (Å²) >= 11 is 6.10. The van der Waals surface area contributed by atoms with E-state index in [-0.39, 0.29) is 36.9 Å². The van der Waals surface area contributed by atoms with Gasteiger partial charge in [0.15, 0.2) is 6.61 Å². The van der Waals surface area contributed by atoms with Crippen LogP contribution in [0.2, 0.25) is 5.02 Å². The molecule has 30 heavy (non-hydrogen) atoms. The number of carbonyl (C=O) groups is 2. The van der Waals surface area contributed by atoms with Crippen molar-refractivity contribution in [2.45, 2.75) is 59.2 Å². The van der Waals surface area contributed by atoms with E-state index in [0.29, 0.717) is 10.8 Å². The van der Waals surface area contributed by atoms with Gasteiger partial charge in [0.25, 0.3) is 5.91 Å². The summed E-state index contributed by atoms with van der Waals surface area (Å²) in [6, 6.07) is 14.3. The lowest BCUT2D eigenvalue weighted by Crippen LogP contribution is -2.50. The van der Waals surface area contributed by atoms with E-state index in [1.807, 2.05) is 50.2 Å². The van der Waals surface area contributed by atoms with Gasteiger partial charge < -0.3 is 15.0 Å². The number of nitrogens with zero attached hydrogens (tertiary/aromatic N) is 1. The number of ether oxygens (including phenoxy) is 1. The van der Waals surface area contributed by atoms with Crippen LogP contribution in [0.3, 0.4) is 0 Å². The van der Waals surface area contributed by atoms with E-state index >= 15 is 0 Å². The van der Waals surface area contributed by atoms with Crippen molar-refractivity contribution in [2.24, 2.45) is 0 Å². The van der Waals surface area contributed by atoms with E-state index in [2.05, 4.69) is 19.2 Å². The van der Waals surface area contributed by atoms with Gasteiger partial charge in [-0.15, -0.1) is 0 Å². The number of nitrogens with one attached hydrogen (secondary N) is 1. The van der Waals surface area contributed by atoms with Gasteiger partial charge in [-0.3, -0.25) is 9.59 Å². The molecule has 2 aromatic carbocycles. The number of para-hydroxylation sites is 1. The minimum absolute atomic E-state index is 0.0164. The predicted octanol–water partition coefficient (Wildman–Crippen LogP) is 4.78. The minimum Gasteiger partial charge on any atom is -0.483 e. The SMILES string of the molecule is CC(C)NC(=O)[C@H](C)N(Cc1cccc(Cl)c1)C(=O)COc1ccccc1C(C)C. The lowest BCUT2D eigenvalue weighted by molar-refractivity contribution is -0.142. The zero-order valence-corrected chi connectivity index (χ0v) is 19.1. The maximum atomic E-state index is 13.1. The molecule has 0 bridgehead atoms. The summed E-state index contributed by atoms with van der Waals surface area (Å²) < 4.78 is 5.86. The van der Waals surface area contributed by atoms with Crippen molar-refractivity contribution in [1.29, 1.82) is 0 Å². The van der Waals surface area contributed by atoms with Gasteiger partial charge in [0.2, 0.25) is 5.91 Å². The maximum absolute atomic E-state index is 13.1.